The van der Waals surface area contributed by atoms with Gasteiger partial charge in [-0.2, -0.15) is 0 Å². The summed E-state index contributed by atoms with van der Waals surface area (Å²) in [4.78, 5) is 34.9. The third-order valence-electron chi connectivity index (χ3n) is 7.25. The summed E-state index contributed by atoms with van der Waals surface area (Å²) in [6, 6.07) is 5.72. The second-order valence-corrected chi connectivity index (χ2v) is 9.15. The highest BCUT2D eigenvalue weighted by Crippen LogP contribution is 2.44. The van der Waals surface area contributed by atoms with E-state index in [4.69, 9.17) is 0 Å². The Balaban J connectivity index is 1.36. The first-order valence-corrected chi connectivity index (χ1v) is 10.8. The number of nitrogens with zero attached hydrogens (tertiary/aromatic N) is 4. The van der Waals surface area contributed by atoms with Crippen molar-refractivity contribution in [1.29, 1.82) is 0 Å². The van der Waals surface area contributed by atoms with Gasteiger partial charge in [0, 0.05) is 57.7 Å². The van der Waals surface area contributed by atoms with Crippen molar-refractivity contribution in [3.63, 3.8) is 0 Å². The first-order chi connectivity index (χ1) is 14.0. The molecule has 0 radical (unpaired) electrons. The maximum absolute atomic E-state index is 13.3. The van der Waals surface area contributed by atoms with Crippen molar-refractivity contribution < 1.29 is 14.0 Å². The third-order valence-corrected chi connectivity index (χ3v) is 7.25. The molecule has 3 aliphatic heterocycles. The van der Waals surface area contributed by atoms with Gasteiger partial charge in [0.15, 0.2) is 0 Å². The number of carbonyl (C=O) groups excluding carboxylic acids is 2. The van der Waals surface area contributed by atoms with Crippen LogP contribution in [-0.4, -0.2) is 89.4 Å². The number of piperazine rings is 1. The van der Waals surface area contributed by atoms with Gasteiger partial charge in [0.2, 0.25) is 5.91 Å². The van der Waals surface area contributed by atoms with Gasteiger partial charge < -0.3 is 14.7 Å². The summed E-state index contributed by atoms with van der Waals surface area (Å²) >= 11 is 0. The SMILES string of the molecule is CN1CCN2[C@H](C1)C(=O)N(CC1CC1)C21CCN(C(=O)c2ccc(F)cc2)CC1. The van der Waals surface area contributed by atoms with Crippen LogP contribution in [0.1, 0.15) is 36.0 Å². The van der Waals surface area contributed by atoms with Crippen LogP contribution in [0.2, 0.25) is 0 Å². The fourth-order valence-corrected chi connectivity index (χ4v) is 5.39. The number of fused-ring (bicyclic) bond motifs is 2. The molecule has 2 amide bonds. The number of hydrogen-bond donors (Lipinski definition) is 0. The third kappa shape index (κ3) is 3.24. The zero-order chi connectivity index (χ0) is 20.2. The van der Waals surface area contributed by atoms with E-state index in [1.54, 1.807) is 12.1 Å². The molecule has 0 unspecified atom stereocenters. The van der Waals surface area contributed by atoms with Gasteiger partial charge in [-0.25, -0.2) is 4.39 Å². The Labute approximate surface area is 171 Å². The van der Waals surface area contributed by atoms with Gasteiger partial charge in [0.25, 0.3) is 5.91 Å². The molecule has 0 bridgehead atoms. The predicted molar refractivity (Wildman–Crippen MR) is 107 cm³/mol. The van der Waals surface area contributed by atoms with E-state index in [9.17, 15) is 14.0 Å². The number of piperidine rings is 1. The van der Waals surface area contributed by atoms with Gasteiger partial charge in [-0.1, -0.05) is 0 Å². The Morgan fingerprint density at radius 1 is 1.10 bits per heavy atom. The van der Waals surface area contributed by atoms with Crippen LogP contribution >= 0.6 is 0 Å². The van der Waals surface area contributed by atoms with Gasteiger partial charge in [-0.3, -0.25) is 14.5 Å². The topological polar surface area (TPSA) is 47.1 Å². The molecular formula is C22H29FN4O2. The van der Waals surface area contributed by atoms with Crippen LogP contribution in [-0.2, 0) is 4.79 Å². The Morgan fingerprint density at radius 2 is 1.79 bits per heavy atom. The second kappa shape index (κ2) is 7.06. The van der Waals surface area contributed by atoms with E-state index < -0.39 is 0 Å². The summed E-state index contributed by atoms with van der Waals surface area (Å²) < 4.78 is 13.2. The lowest BCUT2D eigenvalue weighted by atomic mass is 9.92. The molecule has 1 atom stereocenters. The highest BCUT2D eigenvalue weighted by molar-refractivity contribution is 5.94. The van der Waals surface area contributed by atoms with Crippen molar-refractivity contribution in [1.82, 2.24) is 19.6 Å². The number of amides is 2. The first kappa shape index (κ1) is 19.0. The largest absolute Gasteiger partial charge is 0.338 e. The minimum atomic E-state index is -0.333. The fraction of sp³-hybridized carbons (Fsp3) is 0.636. The number of rotatable bonds is 3. The maximum Gasteiger partial charge on any atom is 0.253 e. The van der Waals surface area contributed by atoms with Crippen molar-refractivity contribution in [3.8, 4) is 0 Å². The first-order valence-electron chi connectivity index (χ1n) is 10.8. The lowest BCUT2D eigenvalue weighted by Gasteiger charge is -2.50. The normalized spacial score (nSPS) is 27.5. The van der Waals surface area contributed by atoms with Crippen molar-refractivity contribution in [2.75, 3.05) is 46.3 Å². The summed E-state index contributed by atoms with van der Waals surface area (Å²) in [7, 11) is 2.09. The number of hydrogen-bond acceptors (Lipinski definition) is 4. The van der Waals surface area contributed by atoms with Crippen molar-refractivity contribution in [2.24, 2.45) is 5.92 Å². The van der Waals surface area contributed by atoms with Crippen LogP contribution in [0.25, 0.3) is 0 Å². The van der Waals surface area contributed by atoms with Gasteiger partial charge >= 0.3 is 0 Å². The summed E-state index contributed by atoms with van der Waals surface area (Å²) in [6.45, 7) is 4.79. The smallest absolute Gasteiger partial charge is 0.253 e. The Kier molecular flexibility index (Phi) is 4.62. The van der Waals surface area contributed by atoms with Crippen molar-refractivity contribution in [2.45, 2.75) is 37.4 Å². The van der Waals surface area contributed by atoms with Gasteiger partial charge in [0.05, 0.1) is 0 Å². The summed E-state index contributed by atoms with van der Waals surface area (Å²) in [5.41, 5.74) is 0.280. The summed E-state index contributed by atoms with van der Waals surface area (Å²) in [5.74, 6) is 0.545. The molecular weight excluding hydrogens is 371 g/mol. The lowest BCUT2D eigenvalue weighted by molar-refractivity contribution is -0.134. The number of likely N-dealkylation sites (tertiary alicyclic amines) is 1. The monoisotopic (exact) mass is 400 g/mol. The molecule has 3 heterocycles. The summed E-state index contributed by atoms with van der Waals surface area (Å²) in [6.07, 6.45) is 4.02. The Morgan fingerprint density at radius 3 is 2.45 bits per heavy atom. The Bertz CT molecular complexity index is 802. The predicted octanol–water partition coefficient (Wildman–Crippen LogP) is 1.63. The minimum absolute atomic E-state index is 0.0483. The second-order valence-electron chi connectivity index (χ2n) is 9.15. The molecule has 3 saturated heterocycles. The average molecular weight is 400 g/mol. The highest BCUT2D eigenvalue weighted by Gasteiger charge is 2.59. The number of carbonyl (C=O) groups is 2. The van der Waals surface area contributed by atoms with Crippen molar-refractivity contribution in [3.05, 3.63) is 35.6 Å². The number of benzene rings is 1. The van der Waals surface area contributed by atoms with Crippen LogP contribution < -0.4 is 0 Å². The molecule has 5 rings (SSSR count). The summed E-state index contributed by atoms with van der Waals surface area (Å²) in [5, 5.41) is 0. The zero-order valence-corrected chi connectivity index (χ0v) is 17.0. The molecule has 0 N–H and O–H groups in total. The van der Waals surface area contributed by atoms with E-state index in [1.165, 1.54) is 25.0 Å². The van der Waals surface area contributed by atoms with E-state index in [2.05, 4.69) is 21.7 Å². The molecule has 156 valence electrons. The molecule has 1 aromatic carbocycles. The lowest BCUT2D eigenvalue weighted by Crippen LogP contribution is -2.63. The van der Waals surface area contributed by atoms with E-state index in [0.717, 1.165) is 39.0 Å². The molecule has 0 aromatic heterocycles. The average Bonchev–Trinajstić information content (AvgIpc) is 3.53. The number of likely N-dealkylation sites (N-methyl/N-ethyl adjacent to an activating group) is 1. The van der Waals surface area contributed by atoms with Crippen LogP contribution in [0.4, 0.5) is 4.39 Å². The molecule has 4 aliphatic rings. The van der Waals surface area contributed by atoms with E-state index in [1.807, 2.05) is 4.90 Å². The minimum Gasteiger partial charge on any atom is -0.338 e. The molecule has 1 aliphatic carbocycles. The van der Waals surface area contributed by atoms with Crippen molar-refractivity contribution >= 4 is 11.8 Å². The van der Waals surface area contributed by atoms with Gasteiger partial charge in [0.1, 0.15) is 17.5 Å². The quantitative estimate of drug-likeness (QED) is 0.774. The van der Waals surface area contributed by atoms with Crippen LogP contribution in [0.15, 0.2) is 24.3 Å². The standard InChI is InChI=1S/C22H29FN4O2/c1-24-12-13-26-19(15-24)21(29)27(14-16-2-3-16)22(26)8-10-25(11-9-22)20(28)17-4-6-18(23)7-5-17/h4-7,16,19H,2-3,8-15H2,1H3/t19-/m1/s1. The molecule has 6 nitrogen and oxygen atoms in total. The Hall–Kier alpha value is -1.99. The molecule has 4 fully saturated rings. The van der Waals surface area contributed by atoms with Crippen LogP contribution in [0.3, 0.4) is 0 Å². The fourth-order valence-electron chi connectivity index (χ4n) is 5.39. The van der Waals surface area contributed by atoms with E-state index >= 15 is 0 Å². The molecule has 1 aromatic rings. The number of halogens is 1. The van der Waals surface area contributed by atoms with Gasteiger partial charge in [-0.15, -0.1) is 0 Å². The zero-order valence-electron chi connectivity index (χ0n) is 17.0. The van der Waals surface area contributed by atoms with Crippen LogP contribution in [0.5, 0.6) is 0 Å². The molecule has 1 saturated carbocycles. The molecule has 1 spiro atoms. The molecule has 29 heavy (non-hydrogen) atoms. The van der Waals surface area contributed by atoms with E-state index in [-0.39, 0.29) is 29.3 Å². The molecule has 7 heteroatoms. The van der Waals surface area contributed by atoms with E-state index in [0.29, 0.717) is 24.6 Å². The van der Waals surface area contributed by atoms with Crippen LogP contribution in [0, 0.1) is 11.7 Å². The van der Waals surface area contributed by atoms with Gasteiger partial charge in [-0.05, 0) is 50.1 Å². The maximum atomic E-state index is 13.3. The highest BCUT2D eigenvalue weighted by atomic mass is 19.1.